The van der Waals surface area contributed by atoms with Crippen molar-refractivity contribution >= 4 is 5.91 Å². The van der Waals surface area contributed by atoms with Crippen LogP contribution in [0.25, 0.3) is 0 Å². The molecule has 0 radical (unpaired) electrons. The molecule has 0 N–H and O–H groups in total. The molecule has 2 aliphatic heterocycles. The van der Waals surface area contributed by atoms with Crippen molar-refractivity contribution in [2.45, 2.75) is 51.6 Å². The maximum Gasteiger partial charge on any atom is 0.257 e. The van der Waals surface area contributed by atoms with Crippen molar-refractivity contribution < 1.29 is 13.7 Å². The summed E-state index contributed by atoms with van der Waals surface area (Å²) in [5.41, 5.74) is 3.07. The molecule has 2 fully saturated rings. The van der Waals surface area contributed by atoms with E-state index in [-0.39, 0.29) is 11.4 Å². The smallest absolute Gasteiger partial charge is 0.257 e. The van der Waals surface area contributed by atoms with E-state index in [1.54, 1.807) is 12.3 Å². The average molecular weight is 343 g/mol. The number of piperidine rings is 1. The van der Waals surface area contributed by atoms with Gasteiger partial charge in [-0.1, -0.05) is 5.16 Å². The summed E-state index contributed by atoms with van der Waals surface area (Å²) in [6, 6.07) is 1.74. The first kappa shape index (κ1) is 16.4. The quantitative estimate of drug-likeness (QED) is 0.857. The summed E-state index contributed by atoms with van der Waals surface area (Å²) in [4.78, 5) is 17.1. The molecular formula is C19H25N3O3. The minimum absolute atomic E-state index is 0.0823. The minimum Gasteiger partial charge on any atom is -0.472 e. The van der Waals surface area contributed by atoms with Gasteiger partial charge >= 0.3 is 0 Å². The largest absolute Gasteiger partial charge is 0.472 e. The summed E-state index contributed by atoms with van der Waals surface area (Å²) in [5, 5.41) is 4.09. The number of aromatic nitrogens is 1. The summed E-state index contributed by atoms with van der Waals surface area (Å²) >= 11 is 0. The molecule has 1 spiro atoms. The molecule has 0 saturated carbocycles. The third kappa shape index (κ3) is 2.88. The van der Waals surface area contributed by atoms with Crippen molar-refractivity contribution in [1.82, 2.24) is 15.0 Å². The molecule has 1 amide bonds. The van der Waals surface area contributed by atoms with Crippen LogP contribution in [-0.2, 0) is 6.54 Å². The lowest BCUT2D eigenvalue weighted by Gasteiger charge is -2.45. The van der Waals surface area contributed by atoms with E-state index in [2.05, 4.69) is 10.1 Å². The number of rotatable bonds is 3. The topological polar surface area (TPSA) is 62.7 Å². The lowest BCUT2D eigenvalue weighted by Crippen LogP contribution is -2.53. The van der Waals surface area contributed by atoms with Gasteiger partial charge in [0.25, 0.3) is 5.91 Å². The van der Waals surface area contributed by atoms with E-state index in [4.69, 9.17) is 8.94 Å². The highest BCUT2D eigenvalue weighted by atomic mass is 16.5. The van der Waals surface area contributed by atoms with E-state index in [0.29, 0.717) is 5.56 Å². The van der Waals surface area contributed by atoms with Gasteiger partial charge in [-0.25, -0.2) is 0 Å². The van der Waals surface area contributed by atoms with Crippen LogP contribution in [0.2, 0.25) is 0 Å². The Labute approximate surface area is 147 Å². The highest BCUT2D eigenvalue weighted by molar-refractivity contribution is 5.93. The molecule has 0 bridgehead atoms. The highest BCUT2D eigenvalue weighted by Crippen LogP contribution is 2.40. The third-order valence-electron chi connectivity index (χ3n) is 6.02. The van der Waals surface area contributed by atoms with E-state index in [1.807, 2.05) is 18.7 Å². The number of nitrogens with zero attached hydrogens (tertiary/aromatic N) is 3. The van der Waals surface area contributed by atoms with Crippen LogP contribution in [0.3, 0.4) is 0 Å². The standard InChI is InChI=1S/C19H25N3O3/c1-14-17(15(2)25-20-14)12-22-8-3-5-19(22)6-9-21(10-7-19)18(23)16-4-11-24-13-16/h4,11,13H,3,5-10,12H2,1-2H3. The molecule has 134 valence electrons. The van der Waals surface area contributed by atoms with Crippen molar-refractivity contribution in [3.8, 4) is 0 Å². The predicted molar refractivity (Wildman–Crippen MR) is 92.2 cm³/mol. The van der Waals surface area contributed by atoms with Crippen LogP contribution in [0.15, 0.2) is 27.5 Å². The number of carbonyl (C=O) groups is 1. The van der Waals surface area contributed by atoms with Crippen LogP contribution in [0.1, 0.15) is 53.1 Å². The van der Waals surface area contributed by atoms with Crippen molar-refractivity contribution in [1.29, 1.82) is 0 Å². The van der Waals surface area contributed by atoms with Crippen molar-refractivity contribution in [2.75, 3.05) is 19.6 Å². The normalized spacial score (nSPS) is 20.5. The number of amides is 1. The Morgan fingerprint density at radius 1 is 1.24 bits per heavy atom. The highest BCUT2D eigenvalue weighted by Gasteiger charge is 2.44. The number of carbonyl (C=O) groups excluding carboxylic acids is 1. The molecular weight excluding hydrogens is 318 g/mol. The lowest BCUT2D eigenvalue weighted by atomic mass is 9.84. The van der Waals surface area contributed by atoms with Crippen LogP contribution < -0.4 is 0 Å². The number of likely N-dealkylation sites (tertiary alicyclic amines) is 2. The molecule has 25 heavy (non-hydrogen) atoms. The third-order valence-corrected chi connectivity index (χ3v) is 6.02. The van der Waals surface area contributed by atoms with Crippen LogP contribution >= 0.6 is 0 Å². The molecule has 2 saturated heterocycles. The molecule has 0 atom stereocenters. The van der Waals surface area contributed by atoms with Gasteiger partial charge in [0.2, 0.25) is 0 Å². The molecule has 0 aliphatic carbocycles. The predicted octanol–water partition coefficient (Wildman–Crippen LogP) is 3.16. The number of furan rings is 1. The summed E-state index contributed by atoms with van der Waals surface area (Å²) in [5.74, 6) is 1.01. The fourth-order valence-electron chi connectivity index (χ4n) is 4.42. The zero-order valence-electron chi connectivity index (χ0n) is 15.0. The SMILES string of the molecule is Cc1noc(C)c1CN1CCCC12CCN(C(=O)c1ccoc1)CC2. The summed E-state index contributed by atoms with van der Waals surface area (Å²) in [6.45, 7) is 7.63. The summed E-state index contributed by atoms with van der Waals surface area (Å²) in [6.07, 6.45) is 7.58. The Balaban J connectivity index is 1.45. The first-order chi connectivity index (χ1) is 12.1. The van der Waals surface area contributed by atoms with Crippen molar-refractivity contribution in [3.63, 3.8) is 0 Å². The van der Waals surface area contributed by atoms with Gasteiger partial charge < -0.3 is 13.8 Å². The number of hydrogen-bond donors (Lipinski definition) is 0. The second-order valence-electron chi connectivity index (χ2n) is 7.36. The Hall–Kier alpha value is -2.08. The molecule has 6 heteroatoms. The molecule has 2 aromatic rings. The Bertz CT molecular complexity index is 723. The molecule has 6 nitrogen and oxygen atoms in total. The average Bonchev–Trinajstić information content (AvgIpc) is 3.34. The van der Waals surface area contributed by atoms with Crippen LogP contribution in [0, 0.1) is 13.8 Å². The lowest BCUT2D eigenvalue weighted by molar-refractivity contribution is 0.0381. The van der Waals surface area contributed by atoms with Crippen LogP contribution in [-0.4, -0.2) is 46.0 Å². The summed E-state index contributed by atoms with van der Waals surface area (Å²) < 4.78 is 10.4. The van der Waals surface area contributed by atoms with Gasteiger partial charge in [0.15, 0.2) is 0 Å². The molecule has 0 aromatic carbocycles. The van der Waals surface area contributed by atoms with Crippen LogP contribution in [0.5, 0.6) is 0 Å². The van der Waals surface area contributed by atoms with E-state index >= 15 is 0 Å². The van der Waals surface area contributed by atoms with Crippen molar-refractivity contribution in [2.24, 2.45) is 0 Å². The monoisotopic (exact) mass is 343 g/mol. The fourth-order valence-corrected chi connectivity index (χ4v) is 4.42. The second kappa shape index (κ2) is 6.33. The Morgan fingerprint density at radius 2 is 2.04 bits per heavy atom. The van der Waals surface area contributed by atoms with Gasteiger partial charge in [-0.2, -0.15) is 0 Å². The molecule has 4 rings (SSSR count). The molecule has 2 aromatic heterocycles. The first-order valence-corrected chi connectivity index (χ1v) is 9.07. The van der Waals surface area contributed by atoms with Gasteiger partial charge in [0.1, 0.15) is 12.0 Å². The van der Waals surface area contributed by atoms with Crippen molar-refractivity contribution in [3.05, 3.63) is 41.2 Å². The van der Waals surface area contributed by atoms with E-state index in [1.165, 1.54) is 24.7 Å². The zero-order valence-corrected chi connectivity index (χ0v) is 15.0. The Morgan fingerprint density at radius 3 is 2.68 bits per heavy atom. The van der Waals surface area contributed by atoms with E-state index in [0.717, 1.165) is 50.5 Å². The molecule has 2 aliphatic rings. The van der Waals surface area contributed by atoms with Gasteiger partial charge in [-0.15, -0.1) is 0 Å². The van der Waals surface area contributed by atoms with Gasteiger partial charge in [-0.3, -0.25) is 9.69 Å². The van der Waals surface area contributed by atoms with Gasteiger partial charge in [0, 0.05) is 30.7 Å². The first-order valence-electron chi connectivity index (χ1n) is 9.07. The molecule has 0 unspecified atom stereocenters. The zero-order chi connectivity index (χ0) is 17.4. The molecule has 4 heterocycles. The van der Waals surface area contributed by atoms with Gasteiger partial charge in [-0.05, 0) is 52.1 Å². The fraction of sp³-hybridized carbons (Fsp3) is 0.579. The summed E-state index contributed by atoms with van der Waals surface area (Å²) in [7, 11) is 0. The van der Waals surface area contributed by atoms with E-state index < -0.39 is 0 Å². The number of aryl methyl sites for hydroxylation is 2. The second-order valence-corrected chi connectivity index (χ2v) is 7.36. The number of hydrogen-bond acceptors (Lipinski definition) is 5. The van der Waals surface area contributed by atoms with Gasteiger partial charge in [0.05, 0.1) is 17.5 Å². The maximum atomic E-state index is 12.5. The maximum absolute atomic E-state index is 12.5. The van der Waals surface area contributed by atoms with E-state index in [9.17, 15) is 4.79 Å². The minimum atomic E-state index is 0.0823. The Kier molecular flexibility index (Phi) is 4.15. The van der Waals surface area contributed by atoms with Crippen LogP contribution in [0.4, 0.5) is 0 Å².